The molecule has 1 aromatic rings. The van der Waals surface area contributed by atoms with E-state index in [-0.39, 0.29) is 16.7 Å². The van der Waals surface area contributed by atoms with Gasteiger partial charge >= 0.3 is 5.97 Å². The first kappa shape index (κ1) is 15.1. The molecule has 1 aromatic carbocycles. The predicted molar refractivity (Wildman–Crippen MR) is 69.5 cm³/mol. The van der Waals surface area contributed by atoms with Crippen LogP contribution in [0.3, 0.4) is 0 Å². The molecule has 0 fully saturated rings. The van der Waals surface area contributed by atoms with Crippen LogP contribution in [-0.2, 0) is 21.3 Å². The van der Waals surface area contributed by atoms with Crippen LogP contribution in [0, 0.1) is 11.7 Å². The van der Waals surface area contributed by atoms with Crippen LogP contribution >= 0.6 is 11.6 Å². The maximum absolute atomic E-state index is 12.8. The third-order valence-electron chi connectivity index (χ3n) is 2.44. The van der Waals surface area contributed by atoms with Gasteiger partial charge in [-0.1, -0.05) is 31.5 Å². The quantitative estimate of drug-likeness (QED) is 0.908. The van der Waals surface area contributed by atoms with E-state index in [9.17, 15) is 13.4 Å². The Morgan fingerprint density at radius 2 is 2.11 bits per heavy atom. The number of carbonyl (C=O) groups is 1. The highest BCUT2D eigenvalue weighted by molar-refractivity contribution is 7.85. The predicted octanol–water partition coefficient (Wildman–Crippen LogP) is 2.84. The molecule has 0 saturated heterocycles. The lowest BCUT2D eigenvalue weighted by Crippen LogP contribution is -2.31. The molecule has 18 heavy (non-hydrogen) atoms. The fourth-order valence-electron chi connectivity index (χ4n) is 1.58. The fourth-order valence-corrected chi connectivity index (χ4v) is 3.47. The molecule has 0 aliphatic rings. The molecule has 0 aromatic heterocycles. The molecule has 3 nitrogen and oxygen atoms in total. The second-order valence-electron chi connectivity index (χ2n) is 4.26. The maximum Gasteiger partial charge on any atom is 0.319 e. The van der Waals surface area contributed by atoms with Crippen molar-refractivity contribution in [2.75, 3.05) is 0 Å². The number of carboxylic acid groups (broad SMARTS) is 1. The number of aliphatic carboxylic acids is 1. The largest absolute Gasteiger partial charge is 0.480 e. The van der Waals surface area contributed by atoms with E-state index in [0.717, 1.165) is 6.07 Å². The van der Waals surface area contributed by atoms with Gasteiger partial charge in [-0.3, -0.25) is 9.00 Å². The summed E-state index contributed by atoms with van der Waals surface area (Å²) in [6.07, 6.45) is 0. The standard InChI is InChI=1S/C12H14ClFO3S/c1-7(2)11(12(15)16)18(17)6-8-3-4-9(14)5-10(8)13/h3-5,7,11H,6H2,1-2H3,(H,15,16). The molecule has 0 saturated carbocycles. The molecular formula is C12H14ClFO3S. The van der Waals surface area contributed by atoms with Gasteiger partial charge < -0.3 is 5.11 Å². The van der Waals surface area contributed by atoms with Crippen molar-refractivity contribution in [3.63, 3.8) is 0 Å². The van der Waals surface area contributed by atoms with Crippen LogP contribution in [0.5, 0.6) is 0 Å². The minimum atomic E-state index is -1.59. The van der Waals surface area contributed by atoms with E-state index in [2.05, 4.69) is 0 Å². The molecule has 2 unspecified atom stereocenters. The second-order valence-corrected chi connectivity index (χ2v) is 6.23. The van der Waals surface area contributed by atoms with Gasteiger partial charge in [-0.25, -0.2) is 4.39 Å². The molecule has 0 aliphatic heterocycles. The lowest BCUT2D eigenvalue weighted by atomic mass is 10.1. The van der Waals surface area contributed by atoms with Gasteiger partial charge in [0.15, 0.2) is 0 Å². The molecule has 1 N–H and O–H groups in total. The van der Waals surface area contributed by atoms with E-state index in [1.54, 1.807) is 13.8 Å². The van der Waals surface area contributed by atoms with Gasteiger partial charge in [0.25, 0.3) is 0 Å². The van der Waals surface area contributed by atoms with Crippen molar-refractivity contribution in [1.29, 1.82) is 0 Å². The Kier molecular flexibility index (Phi) is 5.28. The number of benzene rings is 1. The SMILES string of the molecule is CC(C)C(C(=O)O)S(=O)Cc1ccc(F)cc1Cl. The van der Waals surface area contributed by atoms with Crippen LogP contribution < -0.4 is 0 Å². The first-order valence-corrected chi connectivity index (χ1v) is 7.13. The normalized spacial score (nSPS) is 14.5. The number of hydrogen-bond donors (Lipinski definition) is 1. The smallest absolute Gasteiger partial charge is 0.319 e. The monoisotopic (exact) mass is 292 g/mol. The molecule has 0 heterocycles. The Bertz CT molecular complexity index is 476. The lowest BCUT2D eigenvalue weighted by Gasteiger charge is -2.16. The van der Waals surface area contributed by atoms with Gasteiger partial charge in [0.1, 0.15) is 11.1 Å². The van der Waals surface area contributed by atoms with Crippen molar-refractivity contribution in [1.82, 2.24) is 0 Å². The van der Waals surface area contributed by atoms with Crippen molar-refractivity contribution in [3.05, 3.63) is 34.6 Å². The van der Waals surface area contributed by atoms with Gasteiger partial charge in [0.2, 0.25) is 0 Å². The van der Waals surface area contributed by atoms with Crippen LogP contribution in [0.15, 0.2) is 18.2 Å². The van der Waals surface area contributed by atoms with Crippen LogP contribution in [0.2, 0.25) is 5.02 Å². The maximum atomic E-state index is 12.8. The second kappa shape index (κ2) is 6.29. The lowest BCUT2D eigenvalue weighted by molar-refractivity contribution is -0.137. The zero-order chi connectivity index (χ0) is 13.9. The van der Waals surface area contributed by atoms with Crippen molar-refractivity contribution in [3.8, 4) is 0 Å². The van der Waals surface area contributed by atoms with Gasteiger partial charge in [-0.2, -0.15) is 0 Å². The van der Waals surface area contributed by atoms with Crippen LogP contribution in [0.1, 0.15) is 19.4 Å². The third-order valence-corrected chi connectivity index (χ3v) is 4.70. The molecule has 0 aliphatic carbocycles. The van der Waals surface area contributed by atoms with Gasteiger partial charge in [0.05, 0.1) is 5.75 Å². The first-order chi connectivity index (χ1) is 8.32. The summed E-state index contributed by atoms with van der Waals surface area (Å²) in [7, 11) is -1.59. The average Bonchev–Trinajstić information content (AvgIpc) is 2.21. The van der Waals surface area contributed by atoms with Crippen LogP contribution in [-0.4, -0.2) is 20.5 Å². The molecular weight excluding hydrogens is 279 g/mol. The summed E-state index contributed by atoms with van der Waals surface area (Å²) in [5.41, 5.74) is 0.489. The van der Waals surface area contributed by atoms with E-state index >= 15 is 0 Å². The van der Waals surface area contributed by atoms with Crippen molar-refractivity contribution in [2.24, 2.45) is 5.92 Å². The van der Waals surface area contributed by atoms with E-state index in [0.29, 0.717) is 5.56 Å². The Labute approximate surface area is 112 Å². The summed E-state index contributed by atoms with van der Waals surface area (Å²) in [6.45, 7) is 3.39. The minimum Gasteiger partial charge on any atom is -0.480 e. The Morgan fingerprint density at radius 1 is 1.50 bits per heavy atom. The molecule has 6 heteroatoms. The summed E-state index contributed by atoms with van der Waals surface area (Å²) < 4.78 is 24.9. The number of carboxylic acids is 1. The van der Waals surface area contributed by atoms with E-state index < -0.39 is 27.8 Å². The Morgan fingerprint density at radius 3 is 2.56 bits per heavy atom. The first-order valence-electron chi connectivity index (χ1n) is 5.37. The Balaban J connectivity index is 2.89. The Hall–Kier alpha value is -0.940. The topological polar surface area (TPSA) is 54.4 Å². The fraction of sp³-hybridized carbons (Fsp3) is 0.417. The van der Waals surface area contributed by atoms with Crippen LogP contribution in [0.4, 0.5) is 4.39 Å². The zero-order valence-corrected chi connectivity index (χ0v) is 11.6. The van der Waals surface area contributed by atoms with E-state index in [1.165, 1.54) is 12.1 Å². The van der Waals surface area contributed by atoms with Gasteiger partial charge in [0, 0.05) is 15.8 Å². The summed E-state index contributed by atoms with van der Waals surface area (Å²) in [6, 6.07) is 3.76. The summed E-state index contributed by atoms with van der Waals surface area (Å²) in [5, 5.41) is 8.23. The molecule has 2 atom stereocenters. The molecule has 0 spiro atoms. The highest BCUT2D eigenvalue weighted by atomic mass is 35.5. The van der Waals surface area contributed by atoms with Crippen molar-refractivity contribution in [2.45, 2.75) is 24.9 Å². The summed E-state index contributed by atoms with van der Waals surface area (Å²) >= 11 is 5.82. The van der Waals surface area contributed by atoms with Crippen molar-refractivity contribution < 1.29 is 18.5 Å². The molecule has 1 rings (SSSR count). The molecule has 100 valence electrons. The highest BCUT2D eigenvalue weighted by Gasteiger charge is 2.28. The number of halogens is 2. The molecule has 0 amide bonds. The van der Waals surface area contributed by atoms with E-state index in [1.807, 2.05) is 0 Å². The minimum absolute atomic E-state index is 0.00819. The third kappa shape index (κ3) is 3.78. The van der Waals surface area contributed by atoms with Gasteiger partial charge in [-0.15, -0.1) is 0 Å². The summed E-state index contributed by atoms with van der Waals surface area (Å²) in [5.74, 6) is -1.81. The average molecular weight is 293 g/mol. The van der Waals surface area contributed by atoms with Crippen LogP contribution in [0.25, 0.3) is 0 Å². The van der Waals surface area contributed by atoms with E-state index in [4.69, 9.17) is 16.7 Å². The number of hydrogen-bond acceptors (Lipinski definition) is 2. The summed E-state index contributed by atoms with van der Waals surface area (Å²) in [4.78, 5) is 11.0. The number of rotatable bonds is 5. The highest BCUT2D eigenvalue weighted by Crippen LogP contribution is 2.21. The zero-order valence-electron chi connectivity index (χ0n) is 10.0. The molecule has 0 bridgehead atoms. The van der Waals surface area contributed by atoms with Gasteiger partial charge in [-0.05, 0) is 23.6 Å². The van der Waals surface area contributed by atoms with Crippen molar-refractivity contribution >= 4 is 28.4 Å². The molecule has 0 radical (unpaired) electrons.